The van der Waals surface area contributed by atoms with E-state index >= 15 is 0 Å². The first-order valence-electron chi connectivity index (χ1n) is 4.78. The third-order valence-corrected chi connectivity index (χ3v) is 3.68. The Kier molecular flexibility index (Phi) is 14.0. The van der Waals surface area contributed by atoms with Crippen molar-refractivity contribution in [3.05, 3.63) is 0 Å². The van der Waals surface area contributed by atoms with E-state index in [0.717, 1.165) is 5.92 Å². The largest absolute Gasteiger partial charge is 0.466 e. The Hall–Kier alpha value is 1.46. The molecular weight excluding hydrogens is 335 g/mol. The van der Waals surface area contributed by atoms with Crippen LogP contribution in [-0.2, 0) is 4.57 Å². The average molecular weight is 355 g/mol. The summed E-state index contributed by atoms with van der Waals surface area (Å²) in [7, 11) is -4.64. The van der Waals surface area contributed by atoms with Gasteiger partial charge in [-0.15, -0.1) is 0 Å². The smallest absolute Gasteiger partial charge is 0.303 e. The molecule has 0 bridgehead atoms. The average Bonchev–Trinajstić information content (AvgIpc) is 2.04. The second-order valence-electron chi connectivity index (χ2n) is 3.13. The van der Waals surface area contributed by atoms with Gasteiger partial charge in [-0.25, -0.2) is 4.57 Å². The zero-order chi connectivity index (χ0) is 11.6. The van der Waals surface area contributed by atoms with Crippen LogP contribution in [0.2, 0.25) is 2.07 Å². The normalized spacial score (nSPS) is 12.9. The van der Waals surface area contributed by atoms with Gasteiger partial charge in [0.25, 0.3) is 0 Å². The number of hydrogen-bond acceptors (Lipinski definition) is 1. The molecule has 0 saturated carbocycles. The Labute approximate surface area is 112 Å². The maximum Gasteiger partial charge on any atom is 0.466 e. The van der Waals surface area contributed by atoms with E-state index in [-0.39, 0.29) is 0 Å². The summed E-state index contributed by atoms with van der Waals surface area (Å²) in [5.41, 5.74) is 0. The van der Waals surface area contributed by atoms with Crippen molar-refractivity contribution in [3.8, 4) is 0 Å². The summed E-state index contributed by atoms with van der Waals surface area (Å²) in [6, 6.07) is 0. The van der Waals surface area contributed by atoms with E-state index in [9.17, 15) is 0 Å². The van der Waals surface area contributed by atoms with Crippen molar-refractivity contribution in [1.29, 1.82) is 0 Å². The Morgan fingerprint density at radius 2 is 1.71 bits per heavy atom. The molecule has 0 aromatic rings. The van der Waals surface area contributed by atoms with Gasteiger partial charge in [0.15, 0.2) is 0 Å². The van der Waals surface area contributed by atoms with Gasteiger partial charge in [0.05, 0.1) is 0 Å². The van der Waals surface area contributed by atoms with Gasteiger partial charge in [0, 0.05) is 0 Å². The summed E-state index contributed by atoms with van der Waals surface area (Å²) in [5.74, 6) is 1.07. The summed E-state index contributed by atoms with van der Waals surface area (Å²) < 4.78 is 10.4. The SMILES string of the molecule is CCCCC(CC)[CH2][Nd].O=P(O)(O)O. The van der Waals surface area contributed by atoms with Gasteiger partial charge in [-0.3, -0.25) is 0 Å². The molecule has 3 N–H and O–H groups in total. The molecule has 85 valence electrons. The zero-order valence-corrected chi connectivity index (χ0v) is 12.9. The minimum absolute atomic E-state index is 1.07. The van der Waals surface area contributed by atoms with E-state index in [2.05, 4.69) is 13.8 Å². The van der Waals surface area contributed by atoms with E-state index in [1.807, 2.05) is 0 Å². The molecule has 0 saturated heterocycles. The fourth-order valence-electron chi connectivity index (χ4n) is 0.943. The van der Waals surface area contributed by atoms with Crippen LogP contribution in [-0.4, -0.2) is 14.7 Å². The molecule has 0 amide bonds. The van der Waals surface area contributed by atoms with Gasteiger partial charge in [0.2, 0.25) is 0 Å². The third kappa shape index (κ3) is 23.4. The van der Waals surface area contributed by atoms with Crippen LogP contribution in [0.5, 0.6) is 0 Å². The minimum Gasteiger partial charge on any atom is -0.303 e. The molecule has 6 heteroatoms. The second kappa shape index (κ2) is 11.0. The standard InChI is InChI=1S/C8H17.Nd.H3O4P/c1-4-6-7-8(3)5-2;;1-5(2,3)4/h8H,3-7H2,1-2H3;;(H3,1,2,3,4). The van der Waals surface area contributed by atoms with E-state index in [1.165, 1.54) is 66.5 Å². The van der Waals surface area contributed by atoms with Crippen LogP contribution in [0.15, 0.2) is 0 Å². The molecule has 0 aliphatic heterocycles. The summed E-state index contributed by atoms with van der Waals surface area (Å²) >= 11 is 1.40. The van der Waals surface area contributed by atoms with Crippen LogP contribution >= 0.6 is 7.82 Å². The quantitative estimate of drug-likeness (QED) is 0.661. The molecular formula is C8H20NdO4P. The zero-order valence-electron chi connectivity index (χ0n) is 8.81. The Morgan fingerprint density at radius 3 is 1.93 bits per heavy atom. The maximum absolute atomic E-state index is 8.88. The molecule has 1 unspecified atom stereocenters. The third-order valence-electron chi connectivity index (χ3n) is 1.83. The van der Waals surface area contributed by atoms with Crippen molar-refractivity contribution in [2.24, 2.45) is 5.92 Å². The molecule has 0 aliphatic rings. The Bertz CT molecular complexity index is 147. The van der Waals surface area contributed by atoms with Crippen molar-refractivity contribution in [3.63, 3.8) is 0 Å². The molecule has 4 nitrogen and oxygen atoms in total. The van der Waals surface area contributed by atoms with Crippen LogP contribution in [0.25, 0.3) is 0 Å². The van der Waals surface area contributed by atoms with Crippen molar-refractivity contribution < 1.29 is 58.0 Å². The van der Waals surface area contributed by atoms with Gasteiger partial charge >= 0.3 is 94.1 Å². The molecule has 0 aromatic carbocycles. The van der Waals surface area contributed by atoms with Gasteiger partial charge < -0.3 is 14.7 Å². The molecule has 0 spiro atoms. The summed E-state index contributed by atoms with van der Waals surface area (Å²) in [6.07, 6.45) is 5.71. The van der Waals surface area contributed by atoms with Gasteiger partial charge in [-0.2, -0.15) is 0 Å². The fourth-order valence-corrected chi connectivity index (χ4v) is 2.52. The molecule has 0 aliphatic carbocycles. The van der Waals surface area contributed by atoms with Crippen LogP contribution in [0, 0.1) is 44.7 Å². The molecule has 0 aromatic heterocycles. The summed E-state index contributed by atoms with van der Waals surface area (Å²) in [4.78, 5) is 21.6. The first-order valence-corrected chi connectivity index (χ1v) is 8.61. The molecule has 0 heterocycles. The van der Waals surface area contributed by atoms with Crippen LogP contribution in [0.3, 0.4) is 0 Å². The molecule has 14 heavy (non-hydrogen) atoms. The fraction of sp³-hybridized carbons (Fsp3) is 1.00. The summed E-state index contributed by atoms with van der Waals surface area (Å²) in [6.45, 7) is 4.60. The van der Waals surface area contributed by atoms with Crippen molar-refractivity contribution in [2.75, 3.05) is 0 Å². The number of unbranched alkanes of at least 4 members (excludes halogenated alkanes) is 1. The monoisotopic (exact) mass is 353 g/mol. The molecule has 0 rings (SSSR count). The molecule has 0 fully saturated rings. The van der Waals surface area contributed by atoms with Crippen LogP contribution in [0.4, 0.5) is 0 Å². The van der Waals surface area contributed by atoms with Gasteiger partial charge in [-0.05, 0) is 0 Å². The van der Waals surface area contributed by atoms with Crippen LogP contribution < -0.4 is 0 Å². The van der Waals surface area contributed by atoms with Gasteiger partial charge in [0.1, 0.15) is 0 Å². The number of rotatable bonds is 5. The molecule has 0 radical (unpaired) electrons. The van der Waals surface area contributed by atoms with Crippen molar-refractivity contribution in [2.45, 2.75) is 41.6 Å². The molecule has 1 atom stereocenters. The van der Waals surface area contributed by atoms with E-state index in [1.54, 1.807) is 0 Å². The second-order valence-corrected chi connectivity index (χ2v) is 5.47. The predicted octanol–water partition coefficient (Wildman–Crippen LogP) is 2.24. The predicted molar refractivity (Wildman–Crippen MR) is 52.4 cm³/mol. The Morgan fingerprint density at radius 1 is 1.29 bits per heavy atom. The first kappa shape index (κ1) is 17.8. The topological polar surface area (TPSA) is 77.8 Å². The van der Waals surface area contributed by atoms with E-state index < -0.39 is 7.82 Å². The minimum atomic E-state index is -4.64. The number of hydrogen-bond donors (Lipinski definition) is 3. The van der Waals surface area contributed by atoms with E-state index in [0.29, 0.717) is 0 Å². The summed E-state index contributed by atoms with van der Waals surface area (Å²) in [5, 5.41) is 0. The number of phosphoric acid groups is 1. The first-order chi connectivity index (χ1) is 6.35. The maximum atomic E-state index is 8.88. The van der Waals surface area contributed by atoms with Crippen molar-refractivity contribution in [1.82, 2.24) is 0 Å². The van der Waals surface area contributed by atoms with Gasteiger partial charge in [-0.1, -0.05) is 0 Å². The van der Waals surface area contributed by atoms with Crippen molar-refractivity contribution >= 4 is 7.82 Å². The van der Waals surface area contributed by atoms with Crippen LogP contribution in [0.1, 0.15) is 39.5 Å². The Balaban J connectivity index is 0. The van der Waals surface area contributed by atoms with E-state index in [4.69, 9.17) is 19.2 Å².